The van der Waals surface area contributed by atoms with Crippen LogP contribution in [0.3, 0.4) is 0 Å². The number of aromatic nitrogens is 5. The summed E-state index contributed by atoms with van der Waals surface area (Å²) in [6, 6.07) is 8.45. The largest absolute Gasteiger partial charge is 0.419 e. The zero-order chi connectivity index (χ0) is 28.4. The van der Waals surface area contributed by atoms with Gasteiger partial charge in [-0.3, -0.25) is 14.9 Å². The van der Waals surface area contributed by atoms with Crippen LogP contribution in [0.4, 0.5) is 17.6 Å². The van der Waals surface area contributed by atoms with E-state index < -0.39 is 23.5 Å². The van der Waals surface area contributed by atoms with E-state index in [0.717, 1.165) is 45.8 Å². The minimum Gasteiger partial charge on any atom is -0.347 e. The number of benzene rings is 2. The molecule has 0 unspecified atom stereocenters. The molecule has 2 aromatic carbocycles. The molecular formula is C28H25F4N7O. The lowest BCUT2D eigenvalue weighted by molar-refractivity contribution is -0.140. The number of amides is 1. The van der Waals surface area contributed by atoms with E-state index in [4.69, 9.17) is 0 Å². The minimum absolute atomic E-state index is 0.0941. The average Bonchev–Trinajstić information content (AvgIpc) is 3.58. The molecule has 3 heterocycles. The number of rotatable bonds is 8. The van der Waals surface area contributed by atoms with Gasteiger partial charge in [-0.1, -0.05) is 19.1 Å². The first-order valence-electron chi connectivity index (χ1n) is 12.5. The number of hydrogen-bond acceptors (Lipinski definition) is 5. The number of pyridine rings is 1. The topological polar surface area (TPSA) is 111 Å². The number of nitrogens with zero attached hydrogens (tertiary/aromatic N) is 3. The van der Waals surface area contributed by atoms with Gasteiger partial charge in [0.15, 0.2) is 5.82 Å². The fraction of sp³-hybridized carbons (Fsp3) is 0.214. The van der Waals surface area contributed by atoms with Gasteiger partial charge in [0.2, 0.25) is 0 Å². The van der Waals surface area contributed by atoms with Gasteiger partial charge in [-0.05, 0) is 60.0 Å². The minimum atomic E-state index is -4.83. The van der Waals surface area contributed by atoms with Gasteiger partial charge in [0.05, 0.1) is 17.3 Å². The van der Waals surface area contributed by atoms with Gasteiger partial charge in [-0.15, -0.1) is 0 Å². The molecule has 0 bridgehead atoms. The third-order valence-electron chi connectivity index (χ3n) is 6.59. The Morgan fingerprint density at radius 2 is 1.88 bits per heavy atom. The number of nitrogens with one attached hydrogen (secondary N) is 4. The second-order valence-corrected chi connectivity index (χ2v) is 9.22. The summed E-state index contributed by atoms with van der Waals surface area (Å²) in [4.78, 5) is 24.3. The van der Waals surface area contributed by atoms with Crippen LogP contribution in [0.1, 0.15) is 39.7 Å². The smallest absolute Gasteiger partial charge is 0.347 e. The Bertz CT molecular complexity index is 1690. The van der Waals surface area contributed by atoms with Crippen LogP contribution in [0.2, 0.25) is 0 Å². The van der Waals surface area contributed by atoms with E-state index in [9.17, 15) is 22.4 Å². The van der Waals surface area contributed by atoms with Gasteiger partial charge in [0.25, 0.3) is 5.91 Å². The molecule has 0 radical (unpaired) electrons. The standard InChI is InChI=1S/C28H25F4N7O/c1-3-33-11-18-12-34-13-20(15(18)2)17-5-7-23-19(9-17)25(39-38-23)26-35-14-24(37-26)27(40)36-10-16-4-6-22(29)21(8-16)28(30,31)32/h4-9,12-14,33H,3,10-11H2,1-2H3,(H,35,37)(H,36,40)(H,38,39). The highest BCUT2D eigenvalue weighted by Crippen LogP contribution is 2.33. The molecule has 0 fully saturated rings. The van der Waals surface area contributed by atoms with Crippen LogP contribution in [-0.2, 0) is 19.3 Å². The summed E-state index contributed by atoms with van der Waals surface area (Å²) in [5, 5.41) is 14.0. The lowest BCUT2D eigenvalue weighted by Crippen LogP contribution is -2.23. The maximum Gasteiger partial charge on any atom is 0.419 e. The molecule has 1 amide bonds. The summed E-state index contributed by atoms with van der Waals surface area (Å²) in [5.74, 6) is -1.62. The van der Waals surface area contributed by atoms with Gasteiger partial charge >= 0.3 is 6.18 Å². The van der Waals surface area contributed by atoms with E-state index in [1.807, 2.05) is 37.5 Å². The first-order valence-corrected chi connectivity index (χ1v) is 12.5. The van der Waals surface area contributed by atoms with E-state index in [-0.39, 0.29) is 17.8 Å². The summed E-state index contributed by atoms with van der Waals surface area (Å²) in [5.41, 5.74) is 4.22. The second-order valence-electron chi connectivity index (χ2n) is 9.22. The Kier molecular flexibility index (Phi) is 7.35. The molecule has 0 aliphatic rings. The molecule has 8 nitrogen and oxygen atoms in total. The highest BCUT2D eigenvalue weighted by molar-refractivity contribution is 5.96. The van der Waals surface area contributed by atoms with Crippen molar-refractivity contribution in [3.8, 4) is 22.6 Å². The van der Waals surface area contributed by atoms with E-state index in [2.05, 4.69) is 42.7 Å². The Morgan fingerprint density at radius 3 is 2.65 bits per heavy atom. The summed E-state index contributed by atoms with van der Waals surface area (Å²) in [6.45, 7) is 5.43. The summed E-state index contributed by atoms with van der Waals surface area (Å²) in [6.07, 6.45) is 0.155. The van der Waals surface area contributed by atoms with Crippen molar-refractivity contribution in [2.75, 3.05) is 6.54 Å². The van der Waals surface area contributed by atoms with Crippen molar-refractivity contribution in [1.29, 1.82) is 0 Å². The van der Waals surface area contributed by atoms with Crippen molar-refractivity contribution in [1.82, 2.24) is 35.8 Å². The molecule has 0 spiro atoms. The molecule has 3 aromatic heterocycles. The Morgan fingerprint density at radius 1 is 1.05 bits per heavy atom. The molecule has 4 N–H and O–H groups in total. The molecule has 12 heteroatoms. The lowest BCUT2D eigenvalue weighted by atomic mass is 9.98. The zero-order valence-electron chi connectivity index (χ0n) is 21.6. The summed E-state index contributed by atoms with van der Waals surface area (Å²) in [7, 11) is 0. The highest BCUT2D eigenvalue weighted by atomic mass is 19.4. The normalized spacial score (nSPS) is 11.8. The number of halogens is 4. The Balaban J connectivity index is 1.37. The van der Waals surface area contributed by atoms with Gasteiger partial charge in [0.1, 0.15) is 17.2 Å². The summed E-state index contributed by atoms with van der Waals surface area (Å²) >= 11 is 0. The second kappa shape index (κ2) is 10.9. The fourth-order valence-electron chi connectivity index (χ4n) is 4.39. The number of imidazole rings is 1. The molecule has 40 heavy (non-hydrogen) atoms. The highest BCUT2D eigenvalue weighted by Gasteiger charge is 2.34. The molecule has 0 saturated carbocycles. The van der Waals surface area contributed by atoms with Gasteiger partial charge < -0.3 is 15.6 Å². The third kappa shape index (κ3) is 5.43. The van der Waals surface area contributed by atoms with Crippen molar-refractivity contribution in [2.45, 2.75) is 33.1 Å². The Labute approximate surface area is 226 Å². The molecule has 0 aliphatic carbocycles. The predicted molar refractivity (Wildman–Crippen MR) is 142 cm³/mol. The van der Waals surface area contributed by atoms with E-state index >= 15 is 0 Å². The number of hydrogen-bond donors (Lipinski definition) is 4. The quantitative estimate of drug-likeness (QED) is 0.190. The first-order chi connectivity index (χ1) is 19.2. The van der Waals surface area contributed by atoms with Crippen molar-refractivity contribution in [2.24, 2.45) is 0 Å². The zero-order valence-corrected chi connectivity index (χ0v) is 21.6. The number of aromatic amines is 2. The van der Waals surface area contributed by atoms with Crippen LogP contribution in [-0.4, -0.2) is 37.6 Å². The van der Waals surface area contributed by atoms with Crippen LogP contribution in [0.15, 0.2) is 55.0 Å². The first kappa shape index (κ1) is 27.0. The van der Waals surface area contributed by atoms with Gasteiger partial charge in [-0.2, -0.15) is 18.3 Å². The van der Waals surface area contributed by atoms with Crippen molar-refractivity contribution in [3.63, 3.8) is 0 Å². The Hall–Kier alpha value is -4.58. The maximum absolute atomic E-state index is 13.5. The van der Waals surface area contributed by atoms with Crippen LogP contribution in [0, 0.1) is 12.7 Å². The van der Waals surface area contributed by atoms with Gasteiger partial charge in [-0.25, -0.2) is 9.37 Å². The monoisotopic (exact) mass is 551 g/mol. The number of H-pyrrole nitrogens is 2. The average molecular weight is 552 g/mol. The van der Waals surface area contributed by atoms with E-state index in [1.165, 1.54) is 12.3 Å². The van der Waals surface area contributed by atoms with E-state index in [0.29, 0.717) is 24.1 Å². The predicted octanol–water partition coefficient (Wildman–Crippen LogP) is 5.52. The third-order valence-corrected chi connectivity index (χ3v) is 6.59. The number of fused-ring (bicyclic) bond motifs is 1. The number of carbonyl (C=O) groups is 1. The number of carbonyl (C=O) groups excluding carboxylic acids is 1. The van der Waals surface area contributed by atoms with Crippen molar-refractivity contribution in [3.05, 3.63) is 88.8 Å². The molecule has 0 atom stereocenters. The molecule has 5 rings (SSSR count). The van der Waals surface area contributed by atoms with Crippen molar-refractivity contribution >= 4 is 16.8 Å². The van der Waals surface area contributed by atoms with Crippen LogP contribution < -0.4 is 10.6 Å². The summed E-state index contributed by atoms with van der Waals surface area (Å²) < 4.78 is 52.5. The maximum atomic E-state index is 13.5. The van der Waals surface area contributed by atoms with Gasteiger partial charge in [0, 0.05) is 36.4 Å². The molecule has 0 aliphatic heterocycles. The number of alkyl halides is 3. The van der Waals surface area contributed by atoms with E-state index in [1.54, 1.807) is 0 Å². The lowest BCUT2D eigenvalue weighted by Gasteiger charge is -2.11. The molecular weight excluding hydrogens is 526 g/mol. The molecule has 0 saturated heterocycles. The van der Waals surface area contributed by atoms with Crippen molar-refractivity contribution < 1.29 is 22.4 Å². The van der Waals surface area contributed by atoms with Crippen LogP contribution >= 0.6 is 0 Å². The van der Waals surface area contributed by atoms with Crippen LogP contribution in [0.25, 0.3) is 33.5 Å². The van der Waals surface area contributed by atoms with Crippen LogP contribution in [0.5, 0.6) is 0 Å². The molecule has 5 aromatic rings. The fourth-order valence-corrected chi connectivity index (χ4v) is 4.39. The molecule has 206 valence electrons. The SMILES string of the molecule is CCNCc1cncc(-c2ccc3[nH]nc(-c4ncc(C(=O)NCc5ccc(F)c(C(F)(F)F)c5)[nH]4)c3c2)c1C.